The highest BCUT2D eigenvalue weighted by Crippen LogP contribution is 2.46. The lowest BCUT2D eigenvalue weighted by Gasteiger charge is -2.47. The van der Waals surface area contributed by atoms with E-state index in [1.165, 1.54) is 18.2 Å². The van der Waals surface area contributed by atoms with Gasteiger partial charge in [-0.25, -0.2) is 0 Å². The summed E-state index contributed by atoms with van der Waals surface area (Å²) in [4.78, 5) is 54.6. The van der Waals surface area contributed by atoms with E-state index >= 15 is 0 Å². The number of ketones is 2. The number of carbonyl (C=O) groups is 3. The van der Waals surface area contributed by atoms with Crippen molar-refractivity contribution in [2.75, 3.05) is 38.0 Å². The second kappa shape index (κ2) is 14.2. The Morgan fingerprint density at radius 1 is 0.906 bits per heavy atom. The van der Waals surface area contributed by atoms with E-state index in [4.69, 9.17) is 19.9 Å². The van der Waals surface area contributed by atoms with E-state index in [2.05, 4.69) is 15.0 Å². The monoisotopic (exact) mass is 729 g/mol. The van der Waals surface area contributed by atoms with E-state index in [0.29, 0.717) is 11.3 Å². The fourth-order valence-corrected chi connectivity index (χ4v) is 6.92. The van der Waals surface area contributed by atoms with Crippen molar-refractivity contribution in [3.63, 3.8) is 0 Å². The number of guanidine groups is 1. The lowest BCUT2D eigenvalue weighted by Crippen LogP contribution is -2.68. The van der Waals surface area contributed by atoms with Crippen LogP contribution in [0.5, 0.6) is 11.5 Å². The normalized spacial score (nSPS) is 24.9. The largest absolute Gasteiger partial charge is 0.486 e. The van der Waals surface area contributed by atoms with Gasteiger partial charge in [0.05, 0.1) is 18.8 Å². The molecule has 53 heavy (non-hydrogen) atoms. The molecule has 1 saturated heterocycles. The molecule has 0 aromatic heterocycles. The number of carbonyl (C=O) groups excluding carboxylic acids is 3. The van der Waals surface area contributed by atoms with Crippen LogP contribution in [0.25, 0.3) is 0 Å². The molecule has 0 radical (unpaired) electrons. The molecule has 3 heterocycles. The van der Waals surface area contributed by atoms with E-state index in [0.717, 1.165) is 0 Å². The summed E-state index contributed by atoms with van der Waals surface area (Å²) in [5, 5.41) is 63.1. The third-order valence-corrected chi connectivity index (χ3v) is 9.52. The van der Waals surface area contributed by atoms with Gasteiger partial charge in [0, 0.05) is 47.4 Å². The van der Waals surface area contributed by atoms with Crippen molar-refractivity contribution in [1.29, 1.82) is 0 Å². The van der Waals surface area contributed by atoms with Gasteiger partial charge in [-0.2, -0.15) is 9.98 Å². The molecule has 0 unspecified atom stereocenters. The SMILES string of the molecule is NC1=NC(=O)C2=NCN(c3ccccc3Cc3cc4c(c(OCCO)c3O[C@H]3O[C@@H](CO)[C@H](O)[C@@H](O)[C@@]3(O)CCO)C(=O)c3ccccc3C4=O)C2=N1. The number of anilines is 1. The predicted octanol–water partition coefficient (Wildman–Crippen LogP) is -1.17. The zero-order valence-electron chi connectivity index (χ0n) is 28.0. The number of hydrogen-bond acceptors (Lipinski definition) is 16. The molecule has 1 amide bonds. The molecule has 17 heteroatoms. The fraction of sp³-hybridized carbons (Fsp3) is 0.333. The Bertz CT molecular complexity index is 2100. The number of aliphatic hydroxyl groups excluding tert-OH is 5. The lowest BCUT2D eigenvalue weighted by atomic mass is 9.81. The zero-order valence-corrected chi connectivity index (χ0v) is 28.0. The number of nitrogens with two attached hydrogens (primary N) is 1. The molecule has 4 aliphatic rings. The summed E-state index contributed by atoms with van der Waals surface area (Å²) in [6, 6.07) is 14.6. The molecule has 0 spiro atoms. The maximum Gasteiger partial charge on any atom is 0.302 e. The number of aliphatic imine (C=N–C) groups is 3. The predicted molar refractivity (Wildman–Crippen MR) is 185 cm³/mol. The zero-order chi connectivity index (χ0) is 37.6. The second-order valence-corrected chi connectivity index (χ2v) is 12.7. The minimum absolute atomic E-state index is 0.00519. The van der Waals surface area contributed by atoms with E-state index in [-0.39, 0.29) is 76.5 Å². The Kier molecular flexibility index (Phi) is 9.64. The third kappa shape index (κ3) is 6.07. The van der Waals surface area contributed by atoms with Crippen LogP contribution in [0.15, 0.2) is 69.6 Å². The minimum atomic E-state index is -2.47. The standard InChI is InChI=1S/C36H35N5O12/c37-35-39-32-25(33(49)40-35)38-16-41(32)22-8-4-1-5-17(22)13-18-14-21-24(27(46)20-7-3-2-6-19(20)26(21)45)30(51-12-11-43)29(18)53-34-36(50,9-10-42)31(48)28(47)23(15-44)52-34/h1-8,14,23,28,31,34,42-44,47-48,50H,9-13,15-16H2,(H2,37,40,49)/t23-,28-,31+,34+,36-/m0/s1. The summed E-state index contributed by atoms with van der Waals surface area (Å²) < 4.78 is 18.1. The molecule has 3 aliphatic heterocycles. The average Bonchev–Trinajstić information content (AvgIpc) is 3.58. The van der Waals surface area contributed by atoms with Crippen molar-refractivity contribution in [2.45, 2.75) is 43.0 Å². The van der Waals surface area contributed by atoms with Crippen LogP contribution in [-0.2, 0) is 16.0 Å². The van der Waals surface area contributed by atoms with E-state index < -0.39 is 73.9 Å². The highest BCUT2D eigenvalue weighted by atomic mass is 16.7. The molecule has 17 nitrogen and oxygen atoms in total. The fourth-order valence-electron chi connectivity index (χ4n) is 6.92. The molecule has 1 aliphatic carbocycles. The molecule has 7 rings (SSSR count). The number of rotatable bonds is 11. The Hall–Kier alpha value is -5.40. The van der Waals surface area contributed by atoms with Gasteiger partial charge in [-0.3, -0.25) is 19.4 Å². The maximum atomic E-state index is 14.1. The van der Waals surface area contributed by atoms with Crippen molar-refractivity contribution in [3.05, 3.63) is 88.0 Å². The molecule has 3 aromatic rings. The third-order valence-electron chi connectivity index (χ3n) is 9.52. The molecule has 0 saturated carbocycles. The summed E-state index contributed by atoms with van der Waals surface area (Å²) >= 11 is 0. The van der Waals surface area contributed by atoms with Gasteiger partial charge in [0.1, 0.15) is 31.6 Å². The highest BCUT2D eigenvalue weighted by Gasteiger charge is 2.56. The molecule has 8 N–H and O–H groups in total. The second-order valence-electron chi connectivity index (χ2n) is 12.7. The number of aliphatic hydroxyl groups is 6. The van der Waals surface area contributed by atoms with Crippen molar-refractivity contribution in [2.24, 2.45) is 20.7 Å². The lowest BCUT2D eigenvalue weighted by molar-refractivity contribution is -0.323. The first kappa shape index (κ1) is 36.0. The maximum absolute atomic E-state index is 14.1. The van der Waals surface area contributed by atoms with Gasteiger partial charge >= 0.3 is 5.91 Å². The Morgan fingerprint density at radius 3 is 2.34 bits per heavy atom. The van der Waals surface area contributed by atoms with Crippen LogP contribution in [0.3, 0.4) is 0 Å². The first-order valence-corrected chi connectivity index (χ1v) is 16.6. The number of amidine groups is 1. The van der Waals surface area contributed by atoms with E-state index in [1.807, 2.05) is 0 Å². The molecular weight excluding hydrogens is 694 g/mol. The summed E-state index contributed by atoms with van der Waals surface area (Å²) in [6.45, 7) is -2.37. The highest BCUT2D eigenvalue weighted by molar-refractivity contribution is 6.72. The number of para-hydroxylation sites is 1. The van der Waals surface area contributed by atoms with Gasteiger partial charge < -0.3 is 55.5 Å². The van der Waals surface area contributed by atoms with Crippen molar-refractivity contribution in [3.8, 4) is 11.5 Å². The van der Waals surface area contributed by atoms with Crippen LogP contribution in [0.4, 0.5) is 5.69 Å². The summed E-state index contributed by atoms with van der Waals surface area (Å²) in [7, 11) is 0. The van der Waals surface area contributed by atoms with Crippen LogP contribution in [0.2, 0.25) is 0 Å². The number of ether oxygens (including phenoxy) is 3. The number of hydrogen-bond donors (Lipinski definition) is 7. The van der Waals surface area contributed by atoms with Crippen molar-refractivity contribution >= 4 is 40.7 Å². The average molecular weight is 730 g/mol. The smallest absolute Gasteiger partial charge is 0.302 e. The number of fused-ring (bicyclic) bond motifs is 3. The molecule has 1 fully saturated rings. The Balaban J connectivity index is 1.42. The molecule has 0 bridgehead atoms. The minimum Gasteiger partial charge on any atom is -0.486 e. The van der Waals surface area contributed by atoms with E-state index in [9.17, 15) is 45.0 Å². The van der Waals surface area contributed by atoms with Crippen LogP contribution < -0.4 is 20.1 Å². The number of nitrogens with zero attached hydrogens (tertiary/aromatic N) is 4. The van der Waals surface area contributed by atoms with Gasteiger partial charge in [-0.05, 0) is 17.7 Å². The van der Waals surface area contributed by atoms with Crippen LogP contribution in [0, 0.1) is 0 Å². The Morgan fingerprint density at radius 2 is 1.62 bits per heavy atom. The molecule has 3 aromatic carbocycles. The van der Waals surface area contributed by atoms with Crippen LogP contribution in [0.1, 0.15) is 49.4 Å². The first-order valence-electron chi connectivity index (χ1n) is 16.6. The summed E-state index contributed by atoms with van der Waals surface area (Å²) in [5.74, 6) is -2.35. The van der Waals surface area contributed by atoms with Gasteiger partial charge in [0.15, 0.2) is 40.2 Å². The van der Waals surface area contributed by atoms with Crippen molar-refractivity contribution < 1.29 is 59.2 Å². The van der Waals surface area contributed by atoms with E-state index in [1.54, 1.807) is 41.3 Å². The summed E-state index contributed by atoms with van der Waals surface area (Å²) in [6.07, 6.45) is -7.74. The Labute approximate surface area is 300 Å². The van der Waals surface area contributed by atoms with Gasteiger partial charge in [-0.1, -0.05) is 42.5 Å². The molecular formula is C36H35N5O12. The van der Waals surface area contributed by atoms with Crippen LogP contribution >= 0.6 is 0 Å². The number of amides is 1. The quantitative estimate of drug-likeness (QED) is 0.0959. The van der Waals surface area contributed by atoms with Crippen LogP contribution in [-0.4, -0.2) is 129 Å². The van der Waals surface area contributed by atoms with Gasteiger partial charge in [0.25, 0.3) is 0 Å². The molecule has 276 valence electrons. The summed E-state index contributed by atoms with van der Waals surface area (Å²) in [5.41, 5.74) is 4.63. The van der Waals surface area contributed by atoms with Gasteiger partial charge in [-0.15, -0.1) is 0 Å². The molecule has 5 atom stereocenters. The topological polar surface area (TPSA) is 267 Å². The first-order chi connectivity index (χ1) is 25.5. The van der Waals surface area contributed by atoms with Gasteiger partial charge in [0.2, 0.25) is 12.2 Å². The van der Waals surface area contributed by atoms with Crippen molar-refractivity contribution in [1.82, 2.24) is 0 Å². The number of benzene rings is 3.